The van der Waals surface area contributed by atoms with Gasteiger partial charge in [-0.3, -0.25) is 7.92 Å². The van der Waals surface area contributed by atoms with Crippen molar-refractivity contribution in [1.29, 1.82) is 0 Å². The summed E-state index contributed by atoms with van der Waals surface area (Å²) in [4.78, 5) is 0. The van der Waals surface area contributed by atoms with Crippen LogP contribution in [0.25, 0.3) is 0 Å². The van der Waals surface area contributed by atoms with Crippen molar-refractivity contribution in [3.8, 4) is 0 Å². The van der Waals surface area contributed by atoms with Crippen LogP contribution in [0.1, 0.15) is 34.1 Å². The van der Waals surface area contributed by atoms with Gasteiger partial charge in [0.25, 0.3) is 0 Å². The van der Waals surface area contributed by atoms with Crippen LogP contribution in [0.3, 0.4) is 0 Å². The summed E-state index contributed by atoms with van der Waals surface area (Å²) in [5, 5.41) is 0. The molecule has 1 N–H and O–H groups in total. The number of nitrogens with one attached hydrogen (secondary N) is 1. The third-order valence-corrected chi connectivity index (χ3v) is 3.00. The van der Waals surface area contributed by atoms with E-state index in [1.165, 1.54) is 0 Å². The van der Waals surface area contributed by atoms with Gasteiger partial charge < -0.3 is 0 Å². The van der Waals surface area contributed by atoms with Crippen LogP contribution in [0.4, 0.5) is 4.39 Å². The first kappa shape index (κ1) is 11.6. The Morgan fingerprint density at radius 1 is 1.27 bits per heavy atom. The van der Waals surface area contributed by atoms with Crippen molar-refractivity contribution in [2.75, 3.05) is 6.67 Å². The van der Waals surface area contributed by atoms with Crippen molar-refractivity contribution in [2.24, 2.45) is 5.41 Å². The van der Waals surface area contributed by atoms with Crippen LogP contribution < -0.4 is 3.53 Å². The van der Waals surface area contributed by atoms with Gasteiger partial charge in [-0.1, -0.05) is 13.8 Å². The lowest BCUT2D eigenvalue weighted by atomic mass is 9.82. The molecule has 0 aliphatic heterocycles. The van der Waals surface area contributed by atoms with E-state index in [1.807, 2.05) is 13.8 Å². The first-order valence-electron chi connectivity index (χ1n) is 3.77. The van der Waals surface area contributed by atoms with Gasteiger partial charge in [-0.15, -0.1) is 0 Å². The lowest BCUT2D eigenvalue weighted by Gasteiger charge is -2.31. The Labute approximate surface area is 82.6 Å². The standard InChI is InChI=1S/C8H17FIN/c1-7(2,6-9)5-8(3,4)11-10/h11H,5-6H2,1-4H3. The number of hydrogen-bond acceptors (Lipinski definition) is 1. The topological polar surface area (TPSA) is 12.0 Å². The van der Waals surface area contributed by atoms with Gasteiger partial charge in [-0.25, -0.2) is 0 Å². The number of alkyl halides is 1. The maximum Gasteiger partial charge on any atom is 0.0946 e. The molecule has 0 atom stereocenters. The van der Waals surface area contributed by atoms with E-state index in [0.29, 0.717) is 0 Å². The summed E-state index contributed by atoms with van der Waals surface area (Å²) >= 11 is 2.11. The largest absolute Gasteiger partial charge is 0.255 e. The fourth-order valence-electron chi connectivity index (χ4n) is 1.28. The average Bonchev–Trinajstić information content (AvgIpc) is 1.86. The molecule has 11 heavy (non-hydrogen) atoms. The van der Waals surface area contributed by atoms with E-state index in [-0.39, 0.29) is 17.6 Å². The molecule has 0 unspecified atom stereocenters. The number of halogens is 2. The average molecular weight is 273 g/mol. The minimum absolute atomic E-state index is 0.0240. The summed E-state index contributed by atoms with van der Waals surface area (Å²) in [5.74, 6) is 0. The summed E-state index contributed by atoms with van der Waals surface area (Å²) in [6.07, 6.45) is 0.847. The second kappa shape index (κ2) is 4.03. The molecule has 0 saturated carbocycles. The van der Waals surface area contributed by atoms with Crippen LogP contribution in [0.15, 0.2) is 0 Å². The van der Waals surface area contributed by atoms with Crippen LogP contribution in [0, 0.1) is 5.41 Å². The Morgan fingerprint density at radius 2 is 1.73 bits per heavy atom. The summed E-state index contributed by atoms with van der Waals surface area (Å²) < 4.78 is 15.5. The highest BCUT2D eigenvalue weighted by atomic mass is 127. The Hall–Kier alpha value is 0.620. The molecule has 0 radical (unpaired) electrons. The third kappa shape index (κ3) is 4.95. The molecule has 0 amide bonds. The van der Waals surface area contributed by atoms with E-state index in [9.17, 15) is 4.39 Å². The number of hydrogen-bond donors (Lipinski definition) is 1. The predicted molar refractivity (Wildman–Crippen MR) is 55.6 cm³/mol. The van der Waals surface area contributed by atoms with Crippen LogP contribution in [-0.2, 0) is 0 Å². The molecule has 3 heteroatoms. The molecule has 0 aromatic heterocycles. The van der Waals surface area contributed by atoms with Gasteiger partial charge in [-0.05, 0) is 25.7 Å². The Morgan fingerprint density at radius 3 is 2.00 bits per heavy atom. The highest BCUT2D eigenvalue weighted by Crippen LogP contribution is 2.28. The highest BCUT2D eigenvalue weighted by Gasteiger charge is 2.27. The van der Waals surface area contributed by atoms with Crippen LogP contribution in [0.5, 0.6) is 0 Å². The second-order valence-corrected chi connectivity index (χ2v) is 4.99. The SMILES string of the molecule is CC(C)(CF)CC(C)(C)NI. The molecule has 1 nitrogen and oxygen atoms in total. The first-order chi connectivity index (χ1) is 4.83. The van der Waals surface area contributed by atoms with Gasteiger partial charge in [0.1, 0.15) is 0 Å². The Kier molecular flexibility index (Phi) is 4.26. The molecular weight excluding hydrogens is 256 g/mol. The molecule has 0 heterocycles. The maximum atomic E-state index is 12.4. The van der Waals surface area contributed by atoms with Gasteiger partial charge in [-0.2, -0.15) is 0 Å². The molecular formula is C8H17FIN. The molecule has 0 aliphatic rings. The zero-order valence-corrected chi connectivity index (χ0v) is 9.83. The third-order valence-electron chi connectivity index (χ3n) is 1.54. The summed E-state index contributed by atoms with van der Waals surface area (Å²) in [7, 11) is 0. The van der Waals surface area contributed by atoms with E-state index in [4.69, 9.17) is 0 Å². The summed E-state index contributed by atoms with van der Waals surface area (Å²) in [6.45, 7) is 7.80. The molecule has 0 bridgehead atoms. The van der Waals surface area contributed by atoms with E-state index in [0.717, 1.165) is 6.42 Å². The van der Waals surface area contributed by atoms with E-state index in [1.54, 1.807) is 0 Å². The zero-order valence-electron chi connectivity index (χ0n) is 7.67. The van der Waals surface area contributed by atoms with Gasteiger partial charge in [0.05, 0.1) is 6.67 Å². The van der Waals surface area contributed by atoms with Crippen molar-refractivity contribution >= 4 is 22.9 Å². The van der Waals surface area contributed by atoms with Crippen molar-refractivity contribution in [2.45, 2.75) is 39.7 Å². The van der Waals surface area contributed by atoms with Crippen LogP contribution in [-0.4, -0.2) is 12.2 Å². The van der Waals surface area contributed by atoms with Crippen molar-refractivity contribution in [3.05, 3.63) is 0 Å². The summed E-state index contributed by atoms with van der Waals surface area (Å²) in [5.41, 5.74) is -0.183. The molecule has 0 aromatic carbocycles. The quantitative estimate of drug-likeness (QED) is 0.613. The molecule has 0 saturated heterocycles. The maximum absolute atomic E-state index is 12.4. The van der Waals surface area contributed by atoms with E-state index < -0.39 is 0 Å². The van der Waals surface area contributed by atoms with Crippen LogP contribution >= 0.6 is 22.9 Å². The van der Waals surface area contributed by atoms with Crippen molar-refractivity contribution in [1.82, 2.24) is 3.53 Å². The molecule has 0 spiro atoms. The van der Waals surface area contributed by atoms with Gasteiger partial charge in [0, 0.05) is 28.4 Å². The molecule has 0 aromatic rings. The minimum Gasteiger partial charge on any atom is -0.255 e. The van der Waals surface area contributed by atoms with E-state index >= 15 is 0 Å². The zero-order chi connectivity index (χ0) is 9.12. The van der Waals surface area contributed by atoms with E-state index in [2.05, 4.69) is 40.2 Å². The van der Waals surface area contributed by atoms with Gasteiger partial charge in [0.2, 0.25) is 0 Å². The minimum atomic E-state index is -0.255. The Bertz CT molecular complexity index is 109. The van der Waals surface area contributed by atoms with Crippen molar-refractivity contribution < 1.29 is 4.39 Å². The molecule has 0 aliphatic carbocycles. The van der Waals surface area contributed by atoms with Crippen molar-refractivity contribution in [3.63, 3.8) is 0 Å². The molecule has 0 rings (SSSR count). The monoisotopic (exact) mass is 273 g/mol. The highest BCUT2D eigenvalue weighted by molar-refractivity contribution is 14.1. The normalized spacial score (nSPS) is 13.6. The molecule has 68 valence electrons. The lowest BCUT2D eigenvalue weighted by Crippen LogP contribution is -2.38. The first-order valence-corrected chi connectivity index (χ1v) is 4.85. The lowest BCUT2D eigenvalue weighted by molar-refractivity contribution is 0.194. The predicted octanol–water partition coefficient (Wildman–Crippen LogP) is 3.09. The smallest absolute Gasteiger partial charge is 0.0946 e. The fourth-order valence-corrected chi connectivity index (χ4v) is 1.47. The summed E-state index contributed by atoms with van der Waals surface area (Å²) in [6, 6.07) is 0. The van der Waals surface area contributed by atoms with Gasteiger partial charge >= 0.3 is 0 Å². The number of rotatable bonds is 4. The fraction of sp³-hybridized carbons (Fsp3) is 1.00. The Balaban J connectivity index is 4.02. The second-order valence-electron chi connectivity index (χ2n) is 4.45. The van der Waals surface area contributed by atoms with Crippen LogP contribution in [0.2, 0.25) is 0 Å². The van der Waals surface area contributed by atoms with Gasteiger partial charge in [0.15, 0.2) is 0 Å². The molecule has 0 fully saturated rings.